The normalized spacial score (nSPS) is 13.9. The highest BCUT2D eigenvalue weighted by Crippen LogP contribution is 2.23. The average molecular weight is 270 g/mol. The van der Waals surface area contributed by atoms with Gasteiger partial charge in [-0.1, -0.05) is 0 Å². The molecule has 20 heavy (non-hydrogen) atoms. The van der Waals surface area contributed by atoms with Gasteiger partial charge in [-0.15, -0.1) is 5.10 Å². The molecule has 1 fully saturated rings. The minimum Gasteiger partial charge on any atom is -0.378 e. The SMILES string of the molecule is CN(C)c1ccc(Nc2cnnc(NC3CC3)n2)cc1. The third-order valence-corrected chi connectivity index (χ3v) is 3.13. The van der Waals surface area contributed by atoms with Crippen molar-refractivity contribution in [3.8, 4) is 0 Å². The summed E-state index contributed by atoms with van der Waals surface area (Å²) in [5.41, 5.74) is 2.14. The largest absolute Gasteiger partial charge is 0.378 e. The first kappa shape index (κ1) is 12.7. The van der Waals surface area contributed by atoms with E-state index >= 15 is 0 Å². The Kier molecular flexibility index (Phi) is 3.37. The number of hydrogen-bond donors (Lipinski definition) is 2. The number of benzene rings is 1. The van der Waals surface area contributed by atoms with Gasteiger partial charge in [0.05, 0.1) is 6.20 Å². The van der Waals surface area contributed by atoms with E-state index in [0.29, 0.717) is 17.8 Å². The number of aromatic nitrogens is 3. The molecule has 1 aliphatic rings. The molecule has 1 heterocycles. The fourth-order valence-corrected chi connectivity index (χ4v) is 1.83. The maximum Gasteiger partial charge on any atom is 0.244 e. The van der Waals surface area contributed by atoms with Crippen molar-refractivity contribution in [2.24, 2.45) is 0 Å². The zero-order chi connectivity index (χ0) is 13.9. The summed E-state index contributed by atoms with van der Waals surface area (Å²) in [5.74, 6) is 1.28. The minimum atomic E-state index is 0.520. The molecule has 6 nitrogen and oxygen atoms in total. The van der Waals surface area contributed by atoms with Crippen LogP contribution in [0, 0.1) is 0 Å². The van der Waals surface area contributed by atoms with Gasteiger partial charge in [0.2, 0.25) is 5.95 Å². The topological polar surface area (TPSA) is 66.0 Å². The molecule has 0 unspecified atom stereocenters. The molecule has 2 aromatic rings. The molecule has 3 rings (SSSR count). The van der Waals surface area contributed by atoms with E-state index < -0.39 is 0 Å². The van der Waals surface area contributed by atoms with Crippen molar-refractivity contribution < 1.29 is 0 Å². The van der Waals surface area contributed by atoms with Gasteiger partial charge < -0.3 is 15.5 Å². The third-order valence-electron chi connectivity index (χ3n) is 3.13. The number of nitrogens with one attached hydrogen (secondary N) is 2. The zero-order valence-corrected chi connectivity index (χ0v) is 11.7. The van der Waals surface area contributed by atoms with Crippen molar-refractivity contribution in [2.45, 2.75) is 18.9 Å². The summed E-state index contributed by atoms with van der Waals surface area (Å²) in [5, 5.41) is 14.4. The summed E-state index contributed by atoms with van der Waals surface area (Å²) < 4.78 is 0. The van der Waals surface area contributed by atoms with Crippen molar-refractivity contribution in [3.05, 3.63) is 30.5 Å². The van der Waals surface area contributed by atoms with Crippen LogP contribution in [0.2, 0.25) is 0 Å². The lowest BCUT2D eigenvalue weighted by Crippen LogP contribution is -2.09. The van der Waals surface area contributed by atoms with E-state index in [2.05, 4.69) is 42.8 Å². The van der Waals surface area contributed by atoms with E-state index in [1.54, 1.807) is 6.20 Å². The molecule has 0 bridgehead atoms. The second-order valence-electron chi connectivity index (χ2n) is 5.15. The summed E-state index contributed by atoms with van der Waals surface area (Å²) in [4.78, 5) is 6.46. The summed E-state index contributed by atoms with van der Waals surface area (Å²) in [6.07, 6.45) is 4.00. The van der Waals surface area contributed by atoms with Crippen molar-refractivity contribution in [1.82, 2.24) is 15.2 Å². The van der Waals surface area contributed by atoms with Gasteiger partial charge >= 0.3 is 0 Å². The highest BCUT2D eigenvalue weighted by atomic mass is 15.3. The first-order valence-electron chi connectivity index (χ1n) is 6.71. The van der Waals surface area contributed by atoms with Crippen molar-refractivity contribution in [3.63, 3.8) is 0 Å². The number of anilines is 4. The standard InChI is InChI=1S/C14H18N6/c1-20(2)12-7-5-10(6-8-12)16-13-9-15-19-14(18-13)17-11-3-4-11/h5-9,11H,3-4H2,1-2H3,(H2,16,17,18,19). The Morgan fingerprint density at radius 2 is 1.90 bits per heavy atom. The molecule has 0 spiro atoms. The van der Waals surface area contributed by atoms with Gasteiger partial charge in [-0.05, 0) is 37.1 Å². The lowest BCUT2D eigenvalue weighted by molar-refractivity contribution is 0.947. The Balaban J connectivity index is 1.69. The molecule has 1 aromatic carbocycles. The van der Waals surface area contributed by atoms with Crippen molar-refractivity contribution >= 4 is 23.1 Å². The highest BCUT2D eigenvalue weighted by Gasteiger charge is 2.22. The second-order valence-corrected chi connectivity index (χ2v) is 5.15. The average Bonchev–Trinajstić information content (AvgIpc) is 3.24. The maximum atomic E-state index is 4.40. The van der Waals surface area contributed by atoms with Crippen LogP contribution in [0.4, 0.5) is 23.1 Å². The van der Waals surface area contributed by atoms with E-state index in [4.69, 9.17) is 0 Å². The van der Waals surface area contributed by atoms with E-state index in [1.807, 2.05) is 26.2 Å². The van der Waals surface area contributed by atoms with Crippen LogP contribution in [0.1, 0.15) is 12.8 Å². The van der Waals surface area contributed by atoms with Gasteiger partial charge in [0.1, 0.15) is 0 Å². The van der Waals surface area contributed by atoms with Gasteiger partial charge in [0.15, 0.2) is 5.82 Å². The van der Waals surface area contributed by atoms with Crippen LogP contribution < -0.4 is 15.5 Å². The van der Waals surface area contributed by atoms with E-state index in [9.17, 15) is 0 Å². The summed E-state index contributed by atoms with van der Waals surface area (Å²) in [6.45, 7) is 0. The van der Waals surface area contributed by atoms with Gasteiger partial charge in [-0.25, -0.2) is 0 Å². The molecule has 0 aliphatic heterocycles. The Morgan fingerprint density at radius 3 is 2.55 bits per heavy atom. The monoisotopic (exact) mass is 270 g/mol. The molecule has 0 radical (unpaired) electrons. The van der Waals surface area contributed by atoms with Crippen LogP contribution in [0.25, 0.3) is 0 Å². The van der Waals surface area contributed by atoms with E-state index in [-0.39, 0.29) is 0 Å². The van der Waals surface area contributed by atoms with Gasteiger partial charge in [0, 0.05) is 31.5 Å². The molecule has 1 aromatic heterocycles. The van der Waals surface area contributed by atoms with Crippen molar-refractivity contribution in [1.29, 1.82) is 0 Å². The Bertz CT molecular complexity index is 576. The quantitative estimate of drug-likeness (QED) is 0.868. The Hall–Kier alpha value is -2.37. The van der Waals surface area contributed by atoms with Gasteiger partial charge in [0.25, 0.3) is 0 Å². The van der Waals surface area contributed by atoms with Crippen LogP contribution in [0.15, 0.2) is 30.5 Å². The molecule has 0 atom stereocenters. The van der Waals surface area contributed by atoms with Gasteiger partial charge in [-0.3, -0.25) is 0 Å². The molecule has 104 valence electrons. The molecular weight excluding hydrogens is 252 g/mol. The highest BCUT2D eigenvalue weighted by molar-refractivity contribution is 5.60. The molecule has 6 heteroatoms. The number of nitrogens with zero attached hydrogens (tertiary/aromatic N) is 4. The van der Waals surface area contributed by atoms with Crippen LogP contribution >= 0.6 is 0 Å². The molecule has 1 aliphatic carbocycles. The van der Waals surface area contributed by atoms with Crippen LogP contribution in [0.5, 0.6) is 0 Å². The predicted molar refractivity (Wildman–Crippen MR) is 80.5 cm³/mol. The fraction of sp³-hybridized carbons (Fsp3) is 0.357. The molecule has 0 saturated heterocycles. The lowest BCUT2D eigenvalue weighted by atomic mass is 10.2. The smallest absolute Gasteiger partial charge is 0.244 e. The fourth-order valence-electron chi connectivity index (χ4n) is 1.83. The van der Waals surface area contributed by atoms with E-state index in [1.165, 1.54) is 12.8 Å². The van der Waals surface area contributed by atoms with Crippen LogP contribution in [-0.2, 0) is 0 Å². The number of hydrogen-bond acceptors (Lipinski definition) is 6. The maximum absolute atomic E-state index is 4.40. The Labute approximate surface area is 118 Å². The molecule has 0 amide bonds. The third kappa shape index (κ3) is 3.14. The Morgan fingerprint density at radius 1 is 1.15 bits per heavy atom. The summed E-state index contributed by atoms with van der Waals surface area (Å²) in [6, 6.07) is 8.67. The minimum absolute atomic E-state index is 0.520. The van der Waals surface area contributed by atoms with Crippen LogP contribution in [-0.4, -0.2) is 35.3 Å². The first-order valence-corrected chi connectivity index (χ1v) is 6.71. The zero-order valence-electron chi connectivity index (χ0n) is 11.7. The molecule has 2 N–H and O–H groups in total. The number of rotatable bonds is 5. The molecular formula is C14H18N6. The second kappa shape index (κ2) is 5.32. The summed E-state index contributed by atoms with van der Waals surface area (Å²) in [7, 11) is 4.04. The van der Waals surface area contributed by atoms with Crippen molar-refractivity contribution in [2.75, 3.05) is 29.6 Å². The summed E-state index contributed by atoms with van der Waals surface area (Å²) >= 11 is 0. The lowest BCUT2D eigenvalue weighted by Gasteiger charge is -2.13. The van der Waals surface area contributed by atoms with Gasteiger partial charge in [-0.2, -0.15) is 10.1 Å². The van der Waals surface area contributed by atoms with Crippen LogP contribution in [0.3, 0.4) is 0 Å². The predicted octanol–water partition coefficient (Wildman–Crippen LogP) is 2.26. The molecule has 1 saturated carbocycles. The first-order chi connectivity index (χ1) is 9.70. The van der Waals surface area contributed by atoms with E-state index in [0.717, 1.165) is 11.4 Å².